The maximum atomic E-state index is 9.63. The van der Waals surface area contributed by atoms with Crippen LogP contribution < -0.4 is 0 Å². The minimum absolute atomic E-state index is 0. The molecule has 0 aliphatic rings. The van der Waals surface area contributed by atoms with Crippen molar-refractivity contribution >= 4 is 6.47 Å². The van der Waals surface area contributed by atoms with Crippen LogP contribution in [0.3, 0.4) is 0 Å². The van der Waals surface area contributed by atoms with Gasteiger partial charge in [-0.1, -0.05) is 36.8 Å². The number of carbonyl (C=O) groups excluding carboxylic acids is 1. The predicted molar refractivity (Wildman–Crippen MR) is 59.0 cm³/mol. The number of hydrogen-bond acceptors (Lipinski definition) is 2. The van der Waals surface area contributed by atoms with Crippen molar-refractivity contribution in [2.24, 2.45) is 0 Å². The number of hydrogen-bond donors (Lipinski definition) is 0. The van der Waals surface area contributed by atoms with E-state index in [0.717, 1.165) is 5.56 Å². The van der Waals surface area contributed by atoms with E-state index in [-0.39, 0.29) is 32.7 Å². The van der Waals surface area contributed by atoms with E-state index in [1.807, 2.05) is 30.3 Å². The summed E-state index contributed by atoms with van der Waals surface area (Å²) in [5.41, 5.74) is 0.978. The van der Waals surface area contributed by atoms with Gasteiger partial charge in [0.05, 0.1) is 6.61 Å². The summed E-state index contributed by atoms with van der Waals surface area (Å²) in [5, 5.41) is 0. The Bertz CT molecular complexity index is 200. The molecule has 1 aromatic carbocycles. The number of ether oxygens (including phenoxy) is 1. The van der Waals surface area contributed by atoms with Crippen LogP contribution in [0.4, 0.5) is 0 Å². The SMILES string of the molecule is O=[C-]OCc1ccccc1.[CH2-]C.[CH2-]C.[Y+3]. The first-order chi connectivity index (χ1) is 6.93. The zero-order valence-electron chi connectivity index (χ0n) is 9.40. The van der Waals surface area contributed by atoms with E-state index < -0.39 is 0 Å². The van der Waals surface area contributed by atoms with Gasteiger partial charge < -0.3 is 23.4 Å². The van der Waals surface area contributed by atoms with Crippen molar-refractivity contribution in [3.8, 4) is 0 Å². The third kappa shape index (κ3) is 13.8. The van der Waals surface area contributed by atoms with Crippen molar-refractivity contribution in [3.05, 3.63) is 49.7 Å². The quantitative estimate of drug-likeness (QED) is 0.797. The summed E-state index contributed by atoms with van der Waals surface area (Å²) < 4.78 is 4.41. The molecule has 1 rings (SSSR count). The van der Waals surface area contributed by atoms with Gasteiger partial charge in [0.2, 0.25) is 0 Å². The summed E-state index contributed by atoms with van der Waals surface area (Å²) in [6, 6.07) is 9.47. The maximum absolute atomic E-state index is 9.63. The van der Waals surface area contributed by atoms with Crippen molar-refractivity contribution in [2.45, 2.75) is 20.5 Å². The molecule has 0 aromatic heterocycles. The van der Waals surface area contributed by atoms with Gasteiger partial charge in [0.15, 0.2) is 0 Å². The van der Waals surface area contributed by atoms with Gasteiger partial charge in [-0.25, -0.2) is 0 Å². The fourth-order valence-corrected chi connectivity index (χ4v) is 0.687. The normalized spacial score (nSPS) is 6.67. The monoisotopic (exact) mass is 282 g/mol. The zero-order valence-corrected chi connectivity index (χ0v) is 12.2. The average molecular weight is 282 g/mol. The van der Waals surface area contributed by atoms with E-state index in [2.05, 4.69) is 18.6 Å². The predicted octanol–water partition coefficient (Wildman–Crippen LogP) is 2.95. The Morgan fingerprint density at radius 2 is 1.60 bits per heavy atom. The van der Waals surface area contributed by atoms with Crippen LogP contribution in [0.25, 0.3) is 0 Å². The van der Waals surface area contributed by atoms with Crippen LogP contribution in [0.2, 0.25) is 0 Å². The maximum Gasteiger partial charge on any atom is 3.00 e. The van der Waals surface area contributed by atoms with E-state index in [1.54, 1.807) is 13.8 Å². The van der Waals surface area contributed by atoms with Crippen molar-refractivity contribution < 1.29 is 42.2 Å². The van der Waals surface area contributed by atoms with Crippen LogP contribution >= 0.6 is 0 Å². The smallest absolute Gasteiger partial charge is 0.650 e. The molecule has 0 N–H and O–H groups in total. The van der Waals surface area contributed by atoms with Crippen molar-refractivity contribution in [2.75, 3.05) is 0 Å². The van der Waals surface area contributed by atoms with Crippen molar-refractivity contribution in [1.29, 1.82) is 0 Å². The average Bonchev–Trinajstić information content (AvgIpc) is 2.33. The molecule has 0 bridgehead atoms. The standard InChI is InChI=1S/C8H7O2.2C2H5.Y/c9-7-10-6-8-4-2-1-3-5-8;2*1-2;/h1-5H,6H2;2*1H2,2H3;/q3*-1;+3. The number of benzene rings is 1. The van der Waals surface area contributed by atoms with Gasteiger partial charge in [0.25, 0.3) is 0 Å². The van der Waals surface area contributed by atoms with Crippen LogP contribution in [-0.2, 0) is 48.8 Å². The first-order valence-electron chi connectivity index (χ1n) is 4.38. The minimum atomic E-state index is 0. The van der Waals surface area contributed by atoms with E-state index in [4.69, 9.17) is 0 Å². The Kier molecular flexibility index (Phi) is 26.1. The molecule has 0 amide bonds. The van der Waals surface area contributed by atoms with Crippen LogP contribution in [0, 0.1) is 13.8 Å². The van der Waals surface area contributed by atoms with E-state index in [9.17, 15) is 4.79 Å². The molecule has 15 heavy (non-hydrogen) atoms. The van der Waals surface area contributed by atoms with Gasteiger partial charge in [0, 0.05) is 0 Å². The Balaban J connectivity index is -0.000000258. The first-order valence-corrected chi connectivity index (χ1v) is 4.38. The Morgan fingerprint density at radius 3 is 2.00 bits per heavy atom. The summed E-state index contributed by atoms with van der Waals surface area (Å²) in [6.45, 7) is 11.7. The second-order valence-corrected chi connectivity index (χ2v) is 1.86. The molecule has 0 saturated heterocycles. The molecule has 0 aliphatic heterocycles. The van der Waals surface area contributed by atoms with E-state index in [0.29, 0.717) is 6.61 Å². The molecule has 0 saturated carbocycles. The van der Waals surface area contributed by atoms with Gasteiger partial charge in [-0.15, -0.1) is 0 Å². The Morgan fingerprint density at radius 1 is 1.13 bits per heavy atom. The number of rotatable bonds is 3. The van der Waals surface area contributed by atoms with Gasteiger partial charge >= 0.3 is 32.7 Å². The van der Waals surface area contributed by atoms with Gasteiger partial charge in [-0.2, -0.15) is 13.8 Å². The van der Waals surface area contributed by atoms with Gasteiger partial charge in [0.1, 0.15) is 0 Å². The molecule has 0 heterocycles. The molecule has 0 aliphatic carbocycles. The van der Waals surface area contributed by atoms with Gasteiger partial charge in [-0.3, -0.25) is 0 Å². The molecule has 0 spiro atoms. The molecule has 0 atom stereocenters. The molecule has 0 fully saturated rings. The molecule has 0 radical (unpaired) electrons. The minimum Gasteiger partial charge on any atom is -0.650 e. The third-order valence-corrected chi connectivity index (χ3v) is 1.14. The van der Waals surface area contributed by atoms with Crippen LogP contribution in [0.15, 0.2) is 30.3 Å². The fourth-order valence-electron chi connectivity index (χ4n) is 0.687. The molecule has 1 aromatic rings. The topological polar surface area (TPSA) is 26.3 Å². The summed E-state index contributed by atoms with van der Waals surface area (Å²) in [4.78, 5) is 9.63. The van der Waals surface area contributed by atoms with Crippen LogP contribution in [-0.4, -0.2) is 6.47 Å². The largest absolute Gasteiger partial charge is 3.00 e. The van der Waals surface area contributed by atoms with E-state index >= 15 is 0 Å². The molecule has 80 valence electrons. The molecular weight excluding hydrogens is 265 g/mol. The van der Waals surface area contributed by atoms with Gasteiger partial charge in [-0.05, 0) is 5.56 Å². The fraction of sp³-hybridized carbons (Fsp3) is 0.250. The Hall–Kier alpha value is -0.206. The van der Waals surface area contributed by atoms with Crippen LogP contribution in [0.1, 0.15) is 19.4 Å². The summed E-state index contributed by atoms with van der Waals surface area (Å²) in [7, 11) is 0. The second-order valence-electron chi connectivity index (χ2n) is 1.86. The van der Waals surface area contributed by atoms with Crippen molar-refractivity contribution in [3.63, 3.8) is 0 Å². The molecule has 3 heteroatoms. The molecule has 0 unspecified atom stereocenters. The second kappa shape index (κ2) is 19.4. The summed E-state index contributed by atoms with van der Waals surface area (Å²) in [5.74, 6) is 0. The zero-order chi connectivity index (χ0) is 11.2. The third-order valence-electron chi connectivity index (χ3n) is 1.14. The van der Waals surface area contributed by atoms with Crippen LogP contribution in [0.5, 0.6) is 0 Å². The molecule has 2 nitrogen and oxygen atoms in total. The summed E-state index contributed by atoms with van der Waals surface area (Å²) >= 11 is 0. The first kappa shape index (κ1) is 20.2. The molecular formula is C12H17O2Y. The Labute approximate surface area is 118 Å². The summed E-state index contributed by atoms with van der Waals surface area (Å²) in [6.07, 6.45) is 0. The van der Waals surface area contributed by atoms with Crippen molar-refractivity contribution in [1.82, 2.24) is 0 Å². The van der Waals surface area contributed by atoms with E-state index in [1.165, 1.54) is 6.47 Å².